The van der Waals surface area contributed by atoms with E-state index in [0.29, 0.717) is 24.0 Å². The average Bonchev–Trinajstić information content (AvgIpc) is 2.84. The van der Waals surface area contributed by atoms with Crippen molar-refractivity contribution in [1.82, 2.24) is 20.2 Å². The summed E-state index contributed by atoms with van der Waals surface area (Å²) < 4.78 is 6.19. The minimum absolute atomic E-state index is 0.143. The molecule has 2 saturated heterocycles. The van der Waals surface area contributed by atoms with Crippen molar-refractivity contribution in [1.29, 1.82) is 0 Å². The summed E-state index contributed by atoms with van der Waals surface area (Å²) >= 11 is 0. The van der Waals surface area contributed by atoms with E-state index in [2.05, 4.69) is 15.3 Å². The number of nitrogens with zero attached hydrogens (tertiary/aromatic N) is 3. The molecule has 3 aliphatic rings. The number of nitrogens with two attached hydrogens (primary N) is 2. The highest BCUT2D eigenvalue weighted by atomic mass is 16.5. The van der Waals surface area contributed by atoms with Gasteiger partial charge in [0.2, 0.25) is 17.7 Å². The van der Waals surface area contributed by atoms with Crippen LogP contribution in [0.4, 0.5) is 11.8 Å². The Kier molecular flexibility index (Phi) is 4.15. The van der Waals surface area contributed by atoms with Gasteiger partial charge in [-0.05, 0) is 38.8 Å². The molecule has 3 aliphatic heterocycles. The molecule has 8 heteroatoms. The number of nitrogens with one attached hydrogen (secondary N) is 1. The van der Waals surface area contributed by atoms with E-state index in [-0.39, 0.29) is 17.5 Å². The highest BCUT2D eigenvalue weighted by Crippen LogP contribution is 2.42. The van der Waals surface area contributed by atoms with E-state index in [1.807, 2.05) is 4.90 Å². The SMILES string of the molecule is Nc1nc(N)c2c(n1)O[C@]1(CCCN(C(=O)C3CCNCC3)CC1)C2. The van der Waals surface area contributed by atoms with Crippen LogP contribution in [0.25, 0.3) is 0 Å². The predicted octanol–water partition coefficient (Wildman–Crippen LogP) is 0.327. The minimum atomic E-state index is -0.331. The van der Waals surface area contributed by atoms with Crippen molar-refractivity contribution in [2.45, 2.75) is 44.1 Å². The second kappa shape index (κ2) is 6.33. The molecule has 1 aromatic rings. The Morgan fingerprint density at radius 1 is 1.20 bits per heavy atom. The van der Waals surface area contributed by atoms with Gasteiger partial charge >= 0.3 is 0 Å². The number of hydrogen-bond donors (Lipinski definition) is 3. The van der Waals surface area contributed by atoms with Gasteiger partial charge in [0.05, 0.1) is 5.56 Å². The van der Waals surface area contributed by atoms with Crippen molar-refractivity contribution < 1.29 is 9.53 Å². The lowest BCUT2D eigenvalue weighted by atomic mass is 9.90. The van der Waals surface area contributed by atoms with E-state index < -0.39 is 0 Å². The first kappa shape index (κ1) is 16.4. The lowest BCUT2D eigenvalue weighted by molar-refractivity contribution is -0.136. The second-order valence-corrected chi connectivity index (χ2v) is 7.42. The summed E-state index contributed by atoms with van der Waals surface area (Å²) in [7, 11) is 0. The minimum Gasteiger partial charge on any atom is -0.470 e. The molecule has 1 spiro atoms. The molecular weight excluding hydrogens is 320 g/mol. The monoisotopic (exact) mass is 346 g/mol. The number of carbonyl (C=O) groups excluding carboxylic acids is 1. The zero-order valence-corrected chi connectivity index (χ0v) is 14.5. The fraction of sp³-hybridized carbons (Fsp3) is 0.706. The summed E-state index contributed by atoms with van der Waals surface area (Å²) in [6, 6.07) is 0. The molecule has 0 aliphatic carbocycles. The summed E-state index contributed by atoms with van der Waals surface area (Å²) in [6.07, 6.45) is 5.18. The van der Waals surface area contributed by atoms with E-state index >= 15 is 0 Å². The number of aromatic nitrogens is 2. The zero-order valence-electron chi connectivity index (χ0n) is 14.5. The van der Waals surface area contributed by atoms with Gasteiger partial charge in [-0.15, -0.1) is 0 Å². The molecular formula is C17H26N6O2. The van der Waals surface area contributed by atoms with Gasteiger partial charge in [0.15, 0.2) is 0 Å². The normalized spacial score (nSPS) is 27.0. The standard InChI is InChI=1S/C17H26N6O2/c18-13-12-10-17(25-14(12)22-16(19)21-13)4-1-8-23(9-5-17)15(24)11-2-6-20-7-3-11/h11,20H,1-10H2,(H4,18,19,21,22)/t17-/m0/s1. The maximum absolute atomic E-state index is 12.8. The third kappa shape index (κ3) is 3.10. The van der Waals surface area contributed by atoms with Gasteiger partial charge in [-0.25, -0.2) is 0 Å². The molecule has 2 fully saturated rings. The number of hydrogen-bond acceptors (Lipinski definition) is 7. The first-order valence-corrected chi connectivity index (χ1v) is 9.17. The van der Waals surface area contributed by atoms with Crippen LogP contribution >= 0.6 is 0 Å². The highest BCUT2D eigenvalue weighted by Gasteiger charge is 2.43. The molecule has 1 amide bonds. The molecule has 8 nitrogen and oxygen atoms in total. The Bertz CT molecular complexity index is 675. The van der Waals surface area contributed by atoms with Gasteiger partial charge in [0.25, 0.3) is 0 Å². The van der Waals surface area contributed by atoms with Gasteiger partial charge in [0.1, 0.15) is 11.4 Å². The molecule has 0 radical (unpaired) electrons. The second-order valence-electron chi connectivity index (χ2n) is 7.42. The van der Waals surface area contributed by atoms with Crippen LogP contribution in [0.5, 0.6) is 5.88 Å². The summed E-state index contributed by atoms with van der Waals surface area (Å²) in [6.45, 7) is 3.39. The smallest absolute Gasteiger partial charge is 0.225 e. The molecule has 1 atom stereocenters. The lowest BCUT2D eigenvalue weighted by Gasteiger charge is -2.30. The topological polar surface area (TPSA) is 119 Å². The number of ether oxygens (including phenoxy) is 1. The van der Waals surface area contributed by atoms with Crippen molar-refractivity contribution in [3.63, 3.8) is 0 Å². The largest absolute Gasteiger partial charge is 0.470 e. The molecule has 0 saturated carbocycles. The number of nitrogen functional groups attached to an aromatic ring is 2. The maximum atomic E-state index is 12.8. The third-order valence-electron chi connectivity index (χ3n) is 5.73. The Morgan fingerprint density at radius 2 is 2.00 bits per heavy atom. The maximum Gasteiger partial charge on any atom is 0.225 e. The van der Waals surface area contributed by atoms with E-state index in [1.54, 1.807) is 0 Å². The first-order chi connectivity index (χ1) is 12.1. The first-order valence-electron chi connectivity index (χ1n) is 9.17. The van der Waals surface area contributed by atoms with Crippen molar-refractivity contribution in [3.05, 3.63) is 5.56 Å². The number of rotatable bonds is 1. The third-order valence-corrected chi connectivity index (χ3v) is 5.73. The summed E-state index contributed by atoms with van der Waals surface area (Å²) in [5.41, 5.74) is 12.2. The summed E-state index contributed by atoms with van der Waals surface area (Å²) in [5.74, 6) is 1.54. The quantitative estimate of drug-likeness (QED) is 0.670. The molecule has 5 N–H and O–H groups in total. The van der Waals surface area contributed by atoms with Gasteiger partial charge in [-0.2, -0.15) is 9.97 Å². The average molecular weight is 346 g/mol. The predicted molar refractivity (Wildman–Crippen MR) is 93.9 cm³/mol. The molecule has 4 heterocycles. The number of anilines is 2. The Balaban J connectivity index is 1.45. The Morgan fingerprint density at radius 3 is 2.80 bits per heavy atom. The lowest BCUT2D eigenvalue weighted by Crippen LogP contribution is -2.42. The van der Waals surface area contributed by atoms with Gasteiger partial charge in [0, 0.05) is 31.8 Å². The summed E-state index contributed by atoms with van der Waals surface area (Å²) in [5, 5.41) is 3.32. The van der Waals surface area contributed by atoms with Crippen LogP contribution in [0.15, 0.2) is 0 Å². The van der Waals surface area contributed by atoms with Crippen LogP contribution in [0.1, 0.15) is 37.7 Å². The van der Waals surface area contributed by atoms with Crippen molar-refractivity contribution in [2.75, 3.05) is 37.6 Å². The van der Waals surface area contributed by atoms with E-state index in [1.165, 1.54) is 0 Å². The molecule has 0 bridgehead atoms. The summed E-state index contributed by atoms with van der Waals surface area (Å²) in [4.78, 5) is 23.1. The van der Waals surface area contributed by atoms with Gasteiger partial charge in [-0.1, -0.05) is 0 Å². The van der Waals surface area contributed by atoms with Crippen LogP contribution in [-0.4, -0.2) is 52.6 Å². The highest BCUT2D eigenvalue weighted by molar-refractivity contribution is 5.79. The van der Waals surface area contributed by atoms with Crippen molar-refractivity contribution >= 4 is 17.7 Å². The number of amides is 1. The van der Waals surface area contributed by atoms with Gasteiger partial charge < -0.3 is 26.4 Å². The molecule has 0 unspecified atom stereocenters. The van der Waals surface area contributed by atoms with Crippen LogP contribution in [-0.2, 0) is 11.2 Å². The van der Waals surface area contributed by atoms with Crippen LogP contribution < -0.4 is 21.5 Å². The molecule has 25 heavy (non-hydrogen) atoms. The number of carbonyl (C=O) groups is 1. The van der Waals surface area contributed by atoms with Crippen molar-refractivity contribution in [3.8, 4) is 5.88 Å². The van der Waals surface area contributed by atoms with E-state index in [9.17, 15) is 4.79 Å². The Hall–Kier alpha value is -2.09. The fourth-order valence-corrected chi connectivity index (χ4v) is 4.30. The van der Waals surface area contributed by atoms with Crippen LogP contribution in [0.3, 0.4) is 0 Å². The van der Waals surface area contributed by atoms with Crippen molar-refractivity contribution in [2.24, 2.45) is 5.92 Å². The van der Waals surface area contributed by atoms with E-state index in [0.717, 1.165) is 63.8 Å². The van der Waals surface area contributed by atoms with E-state index in [4.69, 9.17) is 16.2 Å². The number of fused-ring (bicyclic) bond motifs is 1. The molecule has 1 aromatic heterocycles. The molecule has 4 rings (SSSR count). The van der Waals surface area contributed by atoms with Crippen LogP contribution in [0.2, 0.25) is 0 Å². The molecule has 0 aromatic carbocycles. The fourth-order valence-electron chi connectivity index (χ4n) is 4.30. The zero-order chi connectivity index (χ0) is 17.4. The van der Waals surface area contributed by atoms with Crippen LogP contribution in [0, 0.1) is 5.92 Å². The van der Waals surface area contributed by atoms with Gasteiger partial charge in [-0.3, -0.25) is 4.79 Å². The number of likely N-dealkylation sites (tertiary alicyclic amines) is 1. The Labute approximate surface area is 147 Å². The molecule has 136 valence electrons. The number of piperidine rings is 1.